The molecule has 1 atom stereocenters. The number of benzene rings is 1. The van der Waals surface area contributed by atoms with Crippen molar-refractivity contribution < 1.29 is 9.53 Å². The zero-order valence-corrected chi connectivity index (χ0v) is 13.0. The van der Waals surface area contributed by atoms with Gasteiger partial charge in [0.1, 0.15) is 5.75 Å². The summed E-state index contributed by atoms with van der Waals surface area (Å²) in [6.45, 7) is 0.937. The Morgan fingerprint density at radius 3 is 2.43 bits per heavy atom. The minimum atomic E-state index is -0.0376. The Balaban J connectivity index is 0.00000161. The van der Waals surface area contributed by atoms with Gasteiger partial charge < -0.3 is 15.4 Å². The smallest absolute Gasteiger partial charge is 0.241 e. The summed E-state index contributed by atoms with van der Waals surface area (Å²) in [5.41, 5.74) is 0.836. The van der Waals surface area contributed by atoms with Crippen LogP contribution in [0.3, 0.4) is 0 Å². The first kappa shape index (κ1) is 16.1. The van der Waals surface area contributed by atoms with E-state index in [1.165, 1.54) is 12.8 Å². The van der Waals surface area contributed by atoms with E-state index in [4.69, 9.17) is 4.74 Å². The van der Waals surface area contributed by atoms with Gasteiger partial charge in [0.2, 0.25) is 5.91 Å². The Morgan fingerprint density at radius 1 is 1.10 bits per heavy atom. The maximum absolute atomic E-state index is 12.0. The van der Waals surface area contributed by atoms with Crippen molar-refractivity contribution in [2.24, 2.45) is 0 Å². The van der Waals surface area contributed by atoms with Gasteiger partial charge in [-0.05, 0) is 69.3 Å². The number of carbonyl (C=O) groups excluding carboxylic acids is 1. The molecule has 21 heavy (non-hydrogen) atoms. The number of carbonyl (C=O) groups is 1. The van der Waals surface area contributed by atoms with E-state index in [9.17, 15) is 4.79 Å². The molecule has 1 unspecified atom stereocenters. The molecule has 1 saturated carbocycles. The molecule has 1 aliphatic carbocycles. The summed E-state index contributed by atoms with van der Waals surface area (Å²) in [5, 5.41) is 6.15. The largest absolute Gasteiger partial charge is 0.490 e. The quantitative estimate of drug-likeness (QED) is 0.898. The highest BCUT2D eigenvalue weighted by molar-refractivity contribution is 5.95. The van der Waals surface area contributed by atoms with Crippen molar-refractivity contribution in [1.82, 2.24) is 5.32 Å². The number of ether oxygens (including phenoxy) is 1. The van der Waals surface area contributed by atoms with Crippen LogP contribution in [0.15, 0.2) is 24.3 Å². The molecule has 1 aromatic rings. The molecule has 2 aliphatic rings. The Kier molecular flexibility index (Phi) is 5.88. The molecule has 2 N–H and O–H groups in total. The van der Waals surface area contributed by atoms with E-state index in [0.717, 1.165) is 43.7 Å². The Morgan fingerprint density at radius 2 is 1.81 bits per heavy atom. The lowest BCUT2D eigenvalue weighted by atomic mass is 10.2. The summed E-state index contributed by atoms with van der Waals surface area (Å²) >= 11 is 0. The number of hydrogen-bond acceptors (Lipinski definition) is 3. The third-order valence-corrected chi connectivity index (χ3v) is 4.10. The normalized spacial score (nSPS) is 21.8. The van der Waals surface area contributed by atoms with Crippen molar-refractivity contribution in [3.63, 3.8) is 0 Å². The SMILES string of the molecule is Cl.O=C(Nc1ccc(OC2CCCC2)cc1)C1CCCN1. The topological polar surface area (TPSA) is 50.4 Å². The molecule has 4 nitrogen and oxygen atoms in total. The molecule has 0 spiro atoms. The fourth-order valence-corrected chi connectivity index (χ4v) is 2.95. The van der Waals surface area contributed by atoms with Gasteiger partial charge in [-0.15, -0.1) is 12.4 Å². The van der Waals surface area contributed by atoms with Crippen LogP contribution in [0, 0.1) is 0 Å². The van der Waals surface area contributed by atoms with Crippen LogP contribution in [0.1, 0.15) is 38.5 Å². The minimum Gasteiger partial charge on any atom is -0.490 e. The second kappa shape index (κ2) is 7.66. The highest BCUT2D eigenvalue weighted by Gasteiger charge is 2.22. The lowest BCUT2D eigenvalue weighted by Crippen LogP contribution is -2.35. The molecule has 5 heteroatoms. The molecule has 1 saturated heterocycles. The van der Waals surface area contributed by atoms with Crippen molar-refractivity contribution in [1.29, 1.82) is 0 Å². The fraction of sp³-hybridized carbons (Fsp3) is 0.562. The zero-order valence-electron chi connectivity index (χ0n) is 12.1. The summed E-state index contributed by atoms with van der Waals surface area (Å²) in [7, 11) is 0. The number of anilines is 1. The van der Waals surface area contributed by atoms with Gasteiger partial charge in [-0.1, -0.05) is 0 Å². The molecular weight excluding hydrogens is 288 g/mol. The summed E-state index contributed by atoms with van der Waals surface area (Å²) in [4.78, 5) is 12.0. The zero-order chi connectivity index (χ0) is 13.8. The van der Waals surface area contributed by atoms with E-state index in [1.54, 1.807) is 0 Å². The molecule has 2 fully saturated rings. The minimum absolute atomic E-state index is 0. The van der Waals surface area contributed by atoms with Gasteiger partial charge in [-0.3, -0.25) is 4.79 Å². The number of halogens is 1. The van der Waals surface area contributed by atoms with Crippen LogP contribution >= 0.6 is 12.4 Å². The van der Waals surface area contributed by atoms with E-state index in [0.29, 0.717) is 6.10 Å². The van der Waals surface area contributed by atoms with Gasteiger partial charge in [0.15, 0.2) is 0 Å². The van der Waals surface area contributed by atoms with Crippen LogP contribution in [-0.4, -0.2) is 24.6 Å². The van der Waals surface area contributed by atoms with Crippen LogP contribution in [0.2, 0.25) is 0 Å². The Bertz CT molecular complexity index is 452. The molecular formula is C16H23ClN2O2. The second-order valence-electron chi connectivity index (χ2n) is 5.69. The molecule has 0 bridgehead atoms. The van der Waals surface area contributed by atoms with E-state index in [1.807, 2.05) is 24.3 Å². The van der Waals surface area contributed by atoms with Gasteiger partial charge in [0.05, 0.1) is 12.1 Å². The highest BCUT2D eigenvalue weighted by atomic mass is 35.5. The monoisotopic (exact) mass is 310 g/mol. The van der Waals surface area contributed by atoms with E-state index in [2.05, 4.69) is 10.6 Å². The van der Waals surface area contributed by atoms with Crippen molar-refractivity contribution in [3.8, 4) is 5.75 Å². The van der Waals surface area contributed by atoms with Gasteiger partial charge in [-0.2, -0.15) is 0 Å². The van der Waals surface area contributed by atoms with Crippen LogP contribution in [0.25, 0.3) is 0 Å². The lowest BCUT2D eigenvalue weighted by molar-refractivity contribution is -0.117. The second-order valence-corrected chi connectivity index (χ2v) is 5.69. The van der Waals surface area contributed by atoms with Crippen LogP contribution < -0.4 is 15.4 Å². The van der Waals surface area contributed by atoms with Crippen molar-refractivity contribution in [2.45, 2.75) is 50.7 Å². The first-order valence-electron chi connectivity index (χ1n) is 7.62. The third-order valence-electron chi connectivity index (χ3n) is 4.10. The number of rotatable bonds is 4. The lowest BCUT2D eigenvalue weighted by Gasteiger charge is -2.14. The van der Waals surface area contributed by atoms with Crippen LogP contribution in [-0.2, 0) is 4.79 Å². The maximum Gasteiger partial charge on any atom is 0.241 e. The van der Waals surface area contributed by atoms with Gasteiger partial charge in [-0.25, -0.2) is 0 Å². The van der Waals surface area contributed by atoms with Gasteiger partial charge in [0.25, 0.3) is 0 Å². The molecule has 1 heterocycles. The highest BCUT2D eigenvalue weighted by Crippen LogP contribution is 2.25. The predicted octanol–water partition coefficient (Wildman–Crippen LogP) is 3.12. The van der Waals surface area contributed by atoms with Gasteiger partial charge in [0, 0.05) is 5.69 Å². The third kappa shape index (κ3) is 4.35. The fourth-order valence-electron chi connectivity index (χ4n) is 2.95. The summed E-state index contributed by atoms with van der Waals surface area (Å²) < 4.78 is 5.91. The molecule has 0 radical (unpaired) electrons. The van der Waals surface area contributed by atoms with Crippen LogP contribution in [0.5, 0.6) is 5.75 Å². The molecule has 1 aliphatic heterocycles. The average molecular weight is 311 g/mol. The summed E-state index contributed by atoms with van der Waals surface area (Å²) in [6, 6.07) is 7.67. The molecule has 1 amide bonds. The van der Waals surface area contributed by atoms with Crippen molar-refractivity contribution in [2.75, 3.05) is 11.9 Å². The molecule has 3 rings (SSSR count). The Labute approximate surface area is 132 Å². The summed E-state index contributed by atoms with van der Waals surface area (Å²) in [6.07, 6.45) is 7.23. The molecule has 116 valence electrons. The van der Waals surface area contributed by atoms with Crippen molar-refractivity contribution in [3.05, 3.63) is 24.3 Å². The van der Waals surface area contributed by atoms with E-state index in [-0.39, 0.29) is 24.4 Å². The molecule has 0 aromatic heterocycles. The number of nitrogens with one attached hydrogen (secondary N) is 2. The van der Waals surface area contributed by atoms with E-state index < -0.39 is 0 Å². The standard InChI is InChI=1S/C16H22N2O2.ClH/c19-16(15-6-3-11-17-15)18-12-7-9-14(10-8-12)20-13-4-1-2-5-13;/h7-10,13,15,17H,1-6,11H2,(H,18,19);1H. The predicted molar refractivity (Wildman–Crippen MR) is 86.2 cm³/mol. The van der Waals surface area contributed by atoms with Crippen molar-refractivity contribution >= 4 is 24.0 Å². The Hall–Kier alpha value is -1.26. The van der Waals surface area contributed by atoms with Gasteiger partial charge >= 0.3 is 0 Å². The van der Waals surface area contributed by atoms with Crippen LogP contribution in [0.4, 0.5) is 5.69 Å². The summed E-state index contributed by atoms with van der Waals surface area (Å²) in [5.74, 6) is 0.959. The van der Waals surface area contributed by atoms with E-state index >= 15 is 0 Å². The number of amides is 1. The maximum atomic E-state index is 12.0. The number of hydrogen-bond donors (Lipinski definition) is 2. The average Bonchev–Trinajstić information content (AvgIpc) is 3.13. The first-order chi connectivity index (χ1) is 9.81. The molecule has 1 aromatic carbocycles. The first-order valence-corrected chi connectivity index (χ1v) is 7.62.